The van der Waals surface area contributed by atoms with Crippen LogP contribution in [0.5, 0.6) is 0 Å². The lowest BCUT2D eigenvalue weighted by molar-refractivity contribution is 0.966. The number of hydrogen-bond acceptors (Lipinski definition) is 2. The van der Waals surface area contributed by atoms with E-state index < -0.39 is 0 Å². The van der Waals surface area contributed by atoms with Crippen LogP contribution in [-0.2, 0) is 12.2 Å². The summed E-state index contributed by atoms with van der Waals surface area (Å²) in [6, 6.07) is 17.4. The molecule has 2 aromatic rings. The summed E-state index contributed by atoms with van der Waals surface area (Å²) < 4.78 is 0. The molecule has 2 aromatic carbocycles. The first kappa shape index (κ1) is 13.2. The van der Waals surface area contributed by atoms with Crippen molar-refractivity contribution >= 4 is 11.8 Å². The van der Waals surface area contributed by atoms with E-state index in [9.17, 15) is 0 Å². The largest absolute Gasteiger partial charge is 0.330 e. The van der Waals surface area contributed by atoms with E-state index in [1.165, 1.54) is 21.6 Å². The summed E-state index contributed by atoms with van der Waals surface area (Å²) in [7, 11) is 0. The quantitative estimate of drug-likeness (QED) is 0.825. The Morgan fingerprint density at radius 2 is 1.78 bits per heavy atom. The van der Waals surface area contributed by atoms with Gasteiger partial charge >= 0.3 is 0 Å². The third-order valence-electron chi connectivity index (χ3n) is 2.84. The van der Waals surface area contributed by atoms with Gasteiger partial charge in [-0.25, -0.2) is 0 Å². The van der Waals surface area contributed by atoms with Crippen LogP contribution in [0, 0.1) is 6.92 Å². The Labute approximate surface area is 113 Å². The number of thioether (sulfide) groups is 1. The van der Waals surface area contributed by atoms with Gasteiger partial charge < -0.3 is 5.73 Å². The Balaban J connectivity index is 1.93. The van der Waals surface area contributed by atoms with Gasteiger partial charge in [-0.2, -0.15) is 0 Å². The zero-order chi connectivity index (χ0) is 12.8. The van der Waals surface area contributed by atoms with Crippen molar-refractivity contribution in [2.45, 2.75) is 24.0 Å². The highest BCUT2D eigenvalue weighted by Crippen LogP contribution is 2.23. The van der Waals surface area contributed by atoms with Crippen LogP contribution in [0.2, 0.25) is 0 Å². The fraction of sp³-hybridized carbons (Fsp3) is 0.250. The zero-order valence-corrected chi connectivity index (χ0v) is 11.5. The molecule has 0 bridgehead atoms. The molecular formula is C16H19NS. The highest BCUT2D eigenvalue weighted by Gasteiger charge is 1.97. The lowest BCUT2D eigenvalue weighted by Gasteiger charge is -2.04. The second kappa shape index (κ2) is 6.62. The van der Waals surface area contributed by atoms with Crippen molar-refractivity contribution in [1.82, 2.24) is 0 Å². The van der Waals surface area contributed by atoms with Crippen molar-refractivity contribution in [3.8, 4) is 0 Å². The molecule has 1 nitrogen and oxygen atoms in total. The summed E-state index contributed by atoms with van der Waals surface area (Å²) in [5.74, 6) is 1.03. The summed E-state index contributed by atoms with van der Waals surface area (Å²) in [5, 5.41) is 0. The molecule has 0 atom stereocenters. The summed E-state index contributed by atoms with van der Waals surface area (Å²) in [5.41, 5.74) is 9.57. The molecule has 2 heteroatoms. The van der Waals surface area contributed by atoms with E-state index in [2.05, 4.69) is 55.5 Å². The number of aryl methyl sites for hydroxylation is 1. The zero-order valence-electron chi connectivity index (χ0n) is 10.7. The molecule has 94 valence electrons. The molecule has 0 fully saturated rings. The molecule has 0 amide bonds. The van der Waals surface area contributed by atoms with Crippen LogP contribution in [0.1, 0.15) is 16.7 Å². The van der Waals surface area contributed by atoms with Crippen LogP contribution in [0.4, 0.5) is 0 Å². The lowest BCUT2D eigenvalue weighted by atomic mass is 10.2. The summed E-state index contributed by atoms with van der Waals surface area (Å²) in [4.78, 5) is 1.32. The van der Waals surface area contributed by atoms with Gasteiger partial charge in [0.15, 0.2) is 0 Å². The Hall–Kier alpha value is -1.25. The van der Waals surface area contributed by atoms with Crippen LogP contribution in [0.3, 0.4) is 0 Å². The second-order valence-corrected chi connectivity index (χ2v) is 5.51. The topological polar surface area (TPSA) is 26.0 Å². The van der Waals surface area contributed by atoms with Gasteiger partial charge in [0.2, 0.25) is 0 Å². The number of hydrogen-bond donors (Lipinski definition) is 1. The third kappa shape index (κ3) is 3.90. The molecule has 0 saturated carbocycles. The average Bonchev–Trinajstić information content (AvgIpc) is 2.38. The molecule has 0 unspecified atom stereocenters. The molecule has 0 aliphatic rings. The smallest absolute Gasteiger partial charge is 0.0232 e. The van der Waals surface area contributed by atoms with Crippen molar-refractivity contribution in [3.05, 3.63) is 65.2 Å². The number of rotatable bonds is 5. The van der Waals surface area contributed by atoms with Crippen molar-refractivity contribution in [1.29, 1.82) is 0 Å². The average molecular weight is 257 g/mol. The summed E-state index contributed by atoms with van der Waals surface area (Å²) in [6.45, 7) is 2.85. The molecule has 2 N–H and O–H groups in total. The minimum absolute atomic E-state index is 0.718. The van der Waals surface area contributed by atoms with Crippen LogP contribution < -0.4 is 5.73 Å². The molecule has 0 spiro atoms. The van der Waals surface area contributed by atoms with Crippen molar-refractivity contribution in [2.75, 3.05) is 6.54 Å². The Kier molecular flexibility index (Phi) is 4.85. The molecular weight excluding hydrogens is 238 g/mol. The van der Waals surface area contributed by atoms with E-state index in [0.29, 0.717) is 0 Å². The number of nitrogens with two attached hydrogens (primary N) is 1. The van der Waals surface area contributed by atoms with Gasteiger partial charge in [-0.15, -0.1) is 11.8 Å². The third-order valence-corrected chi connectivity index (χ3v) is 3.93. The SMILES string of the molecule is Cc1cccc(CSc2ccc(CCN)cc2)c1. The predicted octanol–water partition coefficient (Wildman–Crippen LogP) is 3.79. The fourth-order valence-corrected chi connectivity index (χ4v) is 2.73. The maximum atomic E-state index is 5.54. The number of benzene rings is 2. The van der Waals surface area contributed by atoms with Crippen molar-refractivity contribution in [3.63, 3.8) is 0 Å². The second-order valence-electron chi connectivity index (χ2n) is 4.46. The van der Waals surface area contributed by atoms with Gasteiger partial charge in [-0.1, -0.05) is 42.0 Å². The molecule has 2 rings (SSSR count). The van der Waals surface area contributed by atoms with Gasteiger partial charge in [0.05, 0.1) is 0 Å². The minimum atomic E-state index is 0.718. The molecule has 0 radical (unpaired) electrons. The monoisotopic (exact) mass is 257 g/mol. The van der Waals surface area contributed by atoms with E-state index in [1.807, 2.05) is 11.8 Å². The van der Waals surface area contributed by atoms with Gasteiger partial charge in [0.25, 0.3) is 0 Å². The Bertz CT molecular complexity index is 491. The van der Waals surface area contributed by atoms with Crippen molar-refractivity contribution in [2.24, 2.45) is 5.73 Å². The molecule has 0 saturated heterocycles. The molecule has 0 aliphatic carbocycles. The first-order valence-corrected chi connectivity index (χ1v) is 7.24. The van der Waals surface area contributed by atoms with Crippen LogP contribution >= 0.6 is 11.8 Å². The van der Waals surface area contributed by atoms with Crippen LogP contribution in [0.25, 0.3) is 0 Å². The molecule has 18 heavy (non-hydrogen) atoms. The highest BCUT2D eigenvalue weighted by atomic mass is 32.2. The van der Waals surface area contributed by atoms with Crippen LogP contribution in [0.15, 0.2) is 53.4 Å². The van der Waals surface area contributed by atoms with E-state index in [1.54, 1.807) is 0 Å². The molecule has 0 aliphatic heterocycles. The van der Waals surface area contributed by atoms with E-state index in [0.717, 1.165) is 18.7 Å². The van der Waals surface area contributed by atoms with Crippen molar-refractivity contribution < 1.29 is 0 Å². The standard InChI is InChI=1S/C16H19NS/c1-13-3-2-4-15(11-13)12-18-16-7-5-14(6-8-16)9-10-17/h2-8,11H,9-10,12,17H2,1H3. The Morgan fingerprint density at radius 1 is 1.00 bits per heavy atom. The van der Waals surface area contributed by atoms with E-state index >= 15 is 0 Å². The van der Waals surface area contributed by atoms with Gasteiger partial charge in [-0.3, -0.25) is 0 Å². The maximum absolute atomic E-state index is 5.54. The first-order chi connectivity index (χ1) is 8.78. The normalized spacial score (nSPS) is 10.6. The van der Waals surface area contributed by atoms with E-state index in [4.69, 9.17) is 5.73 Å². The fourth-order valence-electron chi connectivity index (χ4n) is 1.89. The van der Waals surface area contributed by atoms with Crippen LogP contribution in [-0.4, -0.2) is 6.54 Å². The lowest BCUT2D eigenvalue weighted by Crippen LogP contribution is -2.02. The summed E-state index contributed by atoms with van der Waals surface area (Å²) >= 11 is 1.88. The van der Waals surface area contributed by atoms with Gasteiger partial charge in [-0.05, 0) is 43.1 Å². The summed E-state index contributed by atoms with van der Waals surface area (Å²) in [6.07, 6.45) is 0.961. The molecule has 0 heterocycles. The predicted molar refractivity (Wildman–Crippen MR) is 79.9 cm³/mol. The van der Waals surface area contributed by atoms with Gasteiger partial charge in [0, 0.05) is 10.6 Å². The molecule has 0 aromatic heterocycles. The Morgan fingerprint density at radius 3 is 2.44 bits per heavy atom. The van der Waals surface area contributed by atoms with Gasteiger partial charge in [0.1, 0.15) is 0 Å². The first-order valence-electron chi connectivity index (χ1n) is 6.25. The highest BCUT2D eigenvalue weighted by molar-refractivity contribution is 7.98. The minimum Gasteiger partial charge on any atom is -0.330 e. The maximum Gasteiger partial charge on any atom is 0.0232 e. The van der Waals surface area contributed by atoms with E-state index in [-0.39, 0.29) is 0 Å².